The van der Waals surface area contributed by atoms with Crippen molar-refractivity contribution in [3.63, 3.8) is 0 Å². The van der Waals surface area contributed by atoms with Gasteiger partial charge in [-0.05, 0) is 32.4 Å². The maximum absolute atomic E-state index is 4.14. The summed E-state index contributed by atoms with van der Waals surface area (Å²) in [5.41, 5.74) is 3.00. The fourth-order valence-corrected chi connectivity index (χ4v) is 3.07. The summed E-state index contributed by atoms with van der Waals surface area (Å²) in [6.45, 7) is 6.27. The molecule has 1 aromatic rings. The second-order valence-electron chi connectivity index (χ2n) is 4.94. The lowest BCUT2D eigenvalue weighted by Crippen LogP contribution is -2.52. The Balaban J connectivity index is 2.36. The molecule has 1 N–H and O–H groups in total. The van der Waals surface area contributed by atoms with Gasteiger partial charge in [0.25, 0.3) is 0 Å². The van der Waals surface area contributed by atoms with Crippen molar-refractivity contribution in [2.24, 2.45) is 0 Å². The molecule has 0 saturated heterocycles. The second kappa shape index (κ2) is 4.42. The molecule has 1 unspecified atom stereocenters. The first-order valence-electron chi connectivity index (χ1n) is 6.09. The van der Waals surface area contributed by atoms with Gasteiger partial charge < -0.3 is 5.32 Å². The smallest absolute Gasteiger partial charge is 0.0369 e. The van der Waals surface area contributed by atoms with E-state index in [0.29, 0.717) is 11.5 Å². The minimum Gasteiger partial charge on any atom is -0.313 e. The highest BCUT2D eigenvalue weighted by Crippen LogP contribution is 2.47. The van der Waals surface area contributed by atoms with Gasteiger partial charge >= 0.3 is 0 Å². The van der Waals surface area contributed by atoms with E-state index >= 15 is 0 Å². The predicted octanol–water partition coefficient (Wildman–Crippen LogP) is 3.27. The molecule has 1 nitrogen and oxygen atoms in total. The van der Waals surface area contributed by atoms with E-state index in [0.717, 1.165) is 0 Å². The first-order chi connectivity index (χ1) is 7.70. The molecule has 1 aromatic carbocycles. The molecule has 1 atom stereocenters. The molecule has 0 amide bonds. The van der Waals surface area contributed by atoms with E-state index < -0.39 is 0 Å². The standard InChI is InChI=1S/C15H21N/c1-12(2)14(16-3)15(10-7-11-15)13-8-5-4-6-9-13/h4-6,8-9,14,16H,1,7,10-11H2,2-3H3. The molecular formula is C15H21N. The molecule has 0 aromatic heterocycles. The van der Waals surface area contributed by atoms with Crippen LogP contribution in [0.2, 0.25) is 0 Å². The summed E-state index contributed by atoms with van der Waals surface area (Å²) in [6, 6.07) is 11.3. The second-order valence-corrected chi connectivity index (χ2v) is 4.94. The molecule has 0 spiro atoms. The number of likely N-dealkylation sites (N-methyl/N-ethyl adjacent to an activating group) is 1. The van der Waals surface area contributed by atoms with Crippen LogP contribution in [0.1, 0.15) is 31.7 Å². The van der Waals surface area contributed by atoms with Crippen molar-refractivity contribution < 1.29 is 0 Å². The van der Waals surface area contributed by atoms with Crippen LogP contribution in [0.4, 0.5) is 0 Å². The number of nitrogens with one attached hydrogen (secondary N) is 1. The van der Waals surface area contributed by atoms with Crippen molar-refractivity contribution in [1.82, 2.24) is 5.32 Å². The molecule has 2 rings (SSSR count). The summed E-state index contributed by atoms with van der Waals surface area (Å²) in [4.78, 5) is 0. The minimum absolute atomic E-state index is 0.293. The van der Waals surface area contributed by atoms with E-state index in [-0.39, 0.29) is 0 Å². The van der Waals surface area contributed by atoms with Gasteiger partial charge in [0.1, 0.15) is 0 Å². The monoisotopic (exact) mass is 215 g/mol. The quantitative estimate of drug-likeness (QED) is 0.760. The van der Waals surface area contributed by atoms with Gasteiger partial charge in [0.2, 0.25) is 0 Å². The minimum atomic E-state index is 0.293. The van der Waals surface area contributed by atoms with Crippen LogP contribution in [0.15, 0.2) is 42.5 Å². The Bertz CT molecular complexity index is 362. The molecule has 0 heterocycles. The molecular weight excluding hydrogens is 194 g/mol. The Hall–Kier alpha value is -1.08. The third kappa shape index (κ3) is 1.69. The molecule has 86 valence electrons. The number of rotatable bonds is 4. The van der Waals surface area contributed by atoms with Crippen LogP contribution in [0, 0.1) is 0 Å². The van der Waals surface area contributed by atoms with Gasteiger partial charge in [-0.25, -0.2) is 0 Å². The number of benzene rings is 1. The number of hydrogen-bond donors (Lipinski definition) is 1. The van der Waals surface area contributed by atoms with E-state index in [1.807, 2.05) is 7.05 Å². The lowest BCUT2D eigenvalue weighted by molar-refractivity contribution is 0.195. The van der Waals surface area contributed by atoms with Gasteiger partial charge in [0.15, 0.2) is 0 Å². The molecule has 0 aliphatic heterocycles. The average molecular weight is 215 g/mol. The lowest BCUT2D eigenvalue weighted by Gasteiger charge is -2.48. The normalized spacial score (nSPS) is 19.9. The topological polar surface area (TPSA) is 12.0 Å². The van der Waals surface area contributed by atoms with Gasteiger partial charge in [0.05, 0.1) is 0 Å². The molecule has 1 aliphatic rings. The van der Waals surface area contributed by atoms with Crippen molar-refractivity contribution in [2.75, 3.05) is 7.05 Å². The fraction of sp³-hybridized carbons (Fsp3) is 0.467. The van der Waals surface area contributed by atoms with Crippen molar-refractivity contribution in [1.29, 1.82) is 0 Å². The molecule has 1 heteroatoms. The van der Waals surface area contributed by atoms with Gasteiger partial charge in [0, 0.05) is 11.5 Å². The Labute approximate surface area is 98.6 Å². The van der Waals surface area contributed by atoms with Crippen LogP contribution in [0.5, 0.6) is 0 Å². The molecule has 1 aliphatic carbocycles. The highest BCUT2D eigenvalue weighted by atomic mass is 14.9. The van der Waals surface area contributed by atoms with Gasteiger partial charge in [-0.3, -0.25) is 0 Å². The highest BCUT2D eigenvalue weighted by molar-refractivity contribution is 5.34. The highest BCUT2D eigenvalue weighted by Gasteiger charge is 2.44. The van der Waals surface area contributed by atoms with Gasteiger partial charge in [-0.2, -0.15) is 0 Å². The van der Waals surface area contributed by atoms with Gasteiger partial charge in [-0.15, -0.1) is 0 Å². The van der Waals surface area contributed by atoms with Crippen LogP contribution >= 0.6 is 0 Å². The molecule has 0 radical (unpaired) electrons. The van der Waals surface area contributed by atoms with E-state index in [1.165, 1.54) is 30.4 Å². The SMILES string of the molecule is C=C(C)C(NC)C1(c2ccccc2)CCC1. The van der Waals surface area contributed by atoms with E-state index in [4.69, 9.17) is 0 Å². The maximum atomic E-state index is 4.14. The Morgan fingerprint density at radius 2 is 1.94 bits per heavy atom. The zero-order valence-electron chi connectivity index (χ0n) is 10.3. The van der Waals surface area contributed by atoms with Crippen LogP contribution in [0.3, 0.4) is 0 Å². The molecule has 0 bridgehead atoms. The molecule has 1 saturated carbocycles. The van der Waals surface area contributed by atoms with E-state index in [1.54, 1.807) is 0 Å². The van der Waals surface area contributed by atoms with E-state index in [9.17, 15) is 0 Å². The Morgan fingerprint density at radius 3 is 2.31 bits per heavy atom. The third-order valence-electron chi connectivity index (χ3n) is 3.93. The predicted molar refractivity (Wildman–Crippen MR) is 69.6 cm³/mol. The number of hydrogen-bond acceptors (Lipinski definition) is 1. The molecule has 1 fully saturated rings. The summed E-state index contributed by atoms with van der Waals surface area (Å²) in [6.07, 6.45) is 3.88. The van der Waals surface area contributed by atoms with Crippen molar-refractivity contribution in [3.05, 3.63) is 48.0 Å². The van der Waals surface area contributed by atoms with Crippen molar-refractivity contribution in [2.45, 2.75) is 37.6 Å². The fourth-order valence-electron chi connectivity index (χ4n) is 3.07. The zero-order valence-corrected chi connectivity index (χ0v) is 10.3. The summed E-state index contributed by atoms with van der Waals surface area (Å²) >= 11 is 0. The first kappa shape index (κ1) is 11.4. The Kier molecular flexibility index (Phi) is 3.15. The van der Waals surface area contributed by atoms with E-state index in [2.05, 4.69) is 49.2 Å². The lowest BCUT2D eigenvalue weighted by atomic mass is 9.59. The summed E-state index contributed by atoms with van der Waals surface area (Å²) < 4.78 is 0. The third-order valence-corrected chi connectivity index (χ3v) is 3.93. The van der Waals surface area contributed by atoms with Crippen LogP contribution < -0.4 is 5.32 Å². The largest absolute Gasteiger partial charge is 0.313 e. The first-order valence-corrected chi connectivity index (χ1v) is 6.09. The summed E-state index contributed by atoms with van der Waals surface area (Å²) in [5.74, 6) is 0. The van der Waals surface area contributed by atoms with Gasteiger partial charge in [-0.1, -0.05) is 48.9 Å². The van der Waals surface area contributed by atoms with Crippen LogP contribution in [-0.4, -0.2) is 13.1 Å². The molecule has 16 heavy (non-hydrogen) atoms. The average Bonchev–Trinajstić information content (AvgIpc) is 2.23. The summed E-state index contributed by atoms with van der Waals surface area (Å²) in [7, 11) is 2.04. The Morgan fingerprint density at radius 1 is 1.31 bits per heavy atom. The summed E-state index contributed by atoms with van der Waals surface area (Å²) in [5, 5.41) is 3.44. The van der Waals surface area contributed by atoms with Crippen molar-refractivity contribution >= 4 is 0 Å². The maximum Gasteiger partial charge on any atom is 0.0369 e. The van der Waals surface area contributed by atoms with Crippen molar-refractivity contribution in [3.8, 4) is 0 Å². The van der Waals surface area contributed by atoms with Crippen LogP contribution in [0.25, 0.3) is 0 Å². The zero-order chi connectivity index (χ0) is 11.6. The van der Waals surface area contributed by atoms with Crippen LogP contribution in [-0.2, 0) is 5.41 Å².